The van der Waals surface area contributed by atoms with Crippen LogP contribution in [0.5, 0.6) is 0 Å². The van der Waals surface area contributed by atoms with Crippen molar-refractivity contribution in [2.24, 2.45) is 5.92 Å². The molecule has 150 valence electrons. The van der Waals surface area contributed by atoms with Gasteiger partial charge in [0.1, 0.15) is 0 Å². The molecule has 0 unspecified atom stereocenters. The van der Waals surface area contributed by atoms with E-state index in [1.165, 1.54) is 22.5 Å². The maximum atomic E-state index is 13.1. The summed E-state index contributed by atoms with van der Waals surface area (Å²) in [5.74, 6) is 0.559. The van der Waals surface area contributed by atoms with Crippen LogP contribution >= 0.6 is 11.3 Å². The number of likely N-dealkylation sites (tertiary alicyclic amines) is 1. The number of benzene rings is 1. The summed E-state index contributed by atoms with van der Waals surface area (Å²) in [5, 5.41) is 5.15. The molecule has 2 heterocycles. The first-order valence-electron chi connectivity index (χ1n) is 10.1. The predicted molar refractivity (Wildman–Crippen MR) is 116 cm³/mol. The van der Waals surface area contributed by atoms with Crippen LogP contribution in [0.2, 0.25) is 0 Å². The number of nitrogens with zero attached hydrogens (tertiary/aromatic N) is 1. The van der Waals surface area contributed by atoms with Crippen LogP contribution in [-0.4, -0.2) is 29.8 Å². The Hall–Kier alpha value is -2.14. The first kappa shape index (κ1) is 20.6. The zero-order valence-corrected chi connectivity index (χ0v) is 18.0. The summed E-state index contributed by atoms with van der Waals surface area (Å²) < 4.78 is 0. The first-order valence-corrected chi connectivity index (χ1v) is 11.0. The van der Waals surface area contributed by atoms with Gasteiger partial charge in [-0.25, -0.2) is 0 Å². The minimum absolute atomic E-state index is 0.0266. The molecule has 5 heteroatoms. The topological polar surface area (TPSA) is 49.4 Å². The molecule has 1 aromatic heterocycles. The Balaban J connectivity index is 1.77. The number of nitrogens with one attached hydrogen (secondary N) is 1. The summed E-state index contributed by atoms with van der Waals surface area (Å²) in [5.41, 5.74) is 3.29. The van der Waals surface area contributed by atoms with Crippen molar-refractivity contribution in [3.05, 3.63) is 51.7 Å². The fourth-order valence-corrected chi connectivity index (χ4v) is 4.54. The van der Waals surface area contributed by atoms with Crippen LogP contribution in [0.15, 0.2) is 35.7 Å². The molecule has 1 N–H and O–H groups in total. The van der Waals surface area contributed by atoms with Crippen molar-refractivity contribution >= 4 is 28.8 Å². The molecule has 0 bridgehead atoms. The lowest BCUT2D eigenvalue weighted by atomic mass is 9.91. The molecule has 1 aliphatic heterocycles. The average Bonchev–Trinajstić information content (AvgIpc) is 3.22. The summed E-state index contributed by atoms with van der Waals surface area (Å²) in [4.78, 5) is 28.4. The summed E-state index contributed by atoms with van der Waals surface area (Å²) in [7, 11) is 0. The van der Waals surface area contributed by atoms with Gasteiger partial charge >= 0.3 is 0 Å². The van der Waals surface area contributed by atoms with E-state index in [4.69, 9.17) is 0 Å². The summed E-state index contributed by atoms with van der Waals surface area (Å²) in [6, 6.07) is 10.0. The largest absolute Gasteiger partial charge is 0.337 e. The number of para-hydroxylation sites is 1. The summed E-state index contributed by atoms with van der Waals surface area (Å²) in [6.07, 6.45) is 1.68. The molecule has 1 aliphatic rings. The zero-order chi connectivity index (χ0) is 20.3. The number of amides is 2. The number of anilines is 1. The van der Waals surface area contributed by atoms with Gasteiger partial charge in [-0.15, -0.1) is 11.3 Å². The SMILES string of the molecule is CC(C)c1cccc(C(C)C)c1NC(=O)[C@H]1CCCN(C(=O)c2cccs2)C1. The molecule has 2 amide bonds. The molecule has 0 spiro atoms. The third-order valence-electron chi connectivity index (χ3n) is 5.43. The van der Waals surface area contributed by atoms with Crippen molar-refractivity contribution in [3.63, 3.8) is 0 Å². The highest BCUT2D eigenvalue weighted by molar-refractivity contribution is 7.12. The molecule has 4 nitrogen and oxygen atoms in total. The molecule has 0 radical (unpaired) electrons. The quantitative estimate of drug-likeness (QED) is 0.724. The second-order valence-electron chi connectivity index (χ2n) is 8.18. The van der Waals surface area contributed by atoms with E-state index in [2.05, 4.69) is 51.2 Å². The van der Waals surface area contributed by atoms with Crippen molar-refractivity contribution in [3.8, 4) is 0 Å². The Morgan fingerprint density at radius 1 is 1.07 bits per heavy atom. The minimum atomic E-state index is -0.169. The fraction of sp³-hybridized carbons (Fsp3) is 0.478. The molecule has 2 aromatic rings. The van der Waals surface area contributed by atoms with Crippen LogP contribution in [0.1, 0.15) is 73.2 Å². The summed E-state index contributed by atoms with van der Waals surface area (Å²) >= 11 is 1.46. The average molecular weight is 399 g/mol. The second kappa shape index (κ2) is 8.91. The molecule has 1 saturated heterocycles. The maximum Gasteiger partial charge on any atom is 0.263 e. The van der Waals surface area contributed by atoms with Gasteiger partial charge in [-0.1, -0.05) is 52.0 Å². The second-order valence-corrected chi connectivity index (χ2v) is 9.13. The molecule has 28 heavy (non-hydrogen) atoms. The molecular weight excluding hydrogens is 368 g/mol. The van der Waals surface area contributed by atoms with Crippen LogP contribution in [-0.2, 0) is 4.79 Å². The normalized spacial score (nSPS) is 17.2. The minimum Gasteiger partial charge on any atom is -0.337 e. The smallest absolute Gasteiger partial charge is 0.263 e. The third-order valence-corrected chi connectivity index (χ3v) is 6.29. The van der Waals surface area contributed by atoms with Gasteiger partial charge in [0.25, 0.3) is 5.91 Å². The molecule has 1 atom stereocenters. The number of hydrogen-bond donors (Lipinski definition) is 1. The van der Waals surface area contributed by atoms with Gasteiger partial charge in [-0.3, -0.25) is 9.59 Å². The van der Waals surface area contributed by atoms with E-state index in [1.807, 2.05) is 22.4 Å². The van der Waals surface area contributed by atoms with E-state index in [1.54, 1.807) is 0 Å². The van der Waals surface area contributed by atoms with Gasteiger partial charge in [-0.2, -0.15) is 0 Å². The Labute approximate surface area is 172 Å². The van der Waals surface area contributed by atoms with E-state index in [9.17, 15) is 9.59 Å². The van der Waals surface area contributed by atoms with Crippen LogP contribution < -0.4 is 5.32 Å². The van der Waals surface area contributed by atoms with Gasteiger partial charge in [-0.05, 0) is 47.3 Å². The Kier molecular flexibility index (Phi) is 6.55. The molecule has 1 aromatic carbocycles. The molecule has 0 saturated carbocycles. The van der Waals surface area contributed by atoms with Crippen LogP contribution in [0.25, 0.3) is 0 Å². The van der Waals surface area contributed by atoms with Crippen LogP contribution in [0.4, 0.5) is 5.69 Å². The van der Waals surface area contributed by atoms with Gasteiger partial charge < -0.3 is 10.2 Å². The monoisotopic (exact) mass is 398 g/mol. The van der Waals surface area contributed by atoms with Crippen molar-refractivity contribution < 1.29 is 9.59 Å². The highest BCUT2D eigenvalue weighted by atomic mass is 32.1. The highest BCUT2D eigenvalue weighted by Crippen LogP contribution is 2.33. The Bertz CT molecular complexity index is 801. The van der Waals surface area contributed by atoms with E-state index in [-0.39, 0.29) is 17.7 Å². The molecule has 3 rings (SSSR count). The molecule has 1 fully saturated rings. The van der Waals surface area contributed by atoms with E-state index in [0.717, 1.165) is 30.0 Å². The van der Waals surface area contributed by atoms with Crippen LogP contribution in [0, 0.1) is 5.92 Å². The third kappa shape index (κ3) is 4.46. The van der Waals surface area contributed by atoms with Crippen molar-refractivity contribution in [2.75, 3.05) is 18.4 Å². The lowest BCUT2D eigenvalue weighted by Crippen LogP contribution is -2.43. The number of piperidine rings is 1. The van der Waals surface area contributed by atoms with Crippen molar-refractivity contribution in [2.45, 2.75) is 52.4 Å². The Morgan fingerprint density at radius 3 is 2.32 bits per heavy atom. The van der Waals surface area contributed by atoms with E-state index >= 15 is 0 Å². The van der Waals surface area contributed by atoms with Gasteiger partial charge in [0, 0.05) is 18.8 Å². The number of carbonyl (C=O) groups excluding carboxylic acids is 2. The van der Waals surface area contributed by atoms with E-state index in [0.29, 0.717) is 18.4 Å². The number of thiophene rings is 1. The standard InChI is InChI=1S/C23H30N2O2S/c1-15(2)18-9-5-10-19(16(3)4)21(18)24-22(26)17-8-6-12-25(14-17)23(27)20-11-7-13-28-20/h5,7,9-11,13,15-17H,6,8,12,14H2,1-4H3,(H,24,26)/t17-/m0/s1. The van der Waals surface area contributed by atoms with Gasteiger partial charge in [0.2, 0.25) is 5.91 Å². The summed E-state index contributed by atoms with van der Waals surface area (Å²) in [6.45, 7) is 9.81. The number of rotatable bonds is 5. The fourth-order valence-electron chi connectivity index (χ4n) is 3.85. The van der Waals surface area contributed by atoms with Crippen molar-refractivity contribution in [1.82, 2.24) is 4.90 Å². The maximum absolute atomic E-state index is 13.1. The number of carbonyl (C=O) groups is 2. The van der Waals surface area contributed by atoms with E-state index < -0.39 is 0 Å². The highest BCUT2D eigenvalue weighted by Gasteiger charge is 2.30. The van der Waals surface area contributed by atoms with Crippen molar-refractivity contribution in [1.29, 1.82) is 0 Å². The molecule has 0 aliphatic carbocycles. The van der Waals surface area contributed by atoms with Gasteiger partial charge in [0.15, 0.2) is 0 Å². The zero-order valence-electron chi connectivity index (χ0n) is 17.2. The van der Waals surface area contributed by atoms with Crippen LogP contribution in [0.3, 0.4) is 0 Å². The first-order chi connectivity index (χ1) is 13.4. The molecular formula is C23H30N2O2S. The number of hydrogen-bond acceptors (Lipinski definition) is 3. The Morgan fingerprint density at radius 2 is 1.75 bits per heavy atom. The van der Waals surface area contributed by atoms with Gasteiger partial charge in [0.05, 0.1) is 10.8 Å². The predicted octanol–water partition coefficient (Wildman–Crippen LogP) is 5.49. The lowest BCUT2D eigenvalue weighted by Gasteiger charge is -2.32. The lowest BCUT2D eigenvalue weighted by molar-refractivity contribution is -0.121.